The molecule has 22 heavy (non-hydrogen) atoms. The summed E-state index contributed by atoms with van der Waals surface area (Å²) in [6.45, 7) is 11.3. The van der Waals surface area contributed by atoms with E-state index in [9.17, 15) is 0 Å². The highest BCUT2D eigenvalue weighted by molar-refractivity contribution is 4.93. The van der Waals surface area contributed by atoms with Gasteiger partial charge in [0.05, 0.1) is 38.5 Å². The van der Waals surface area contributed by atoms with E-state index in [1.165, 1.54) is 4.90 Å². The molecule has 1 rings (SSSR count). The highest BCUT2D eigenvalue weighted by atomic mass is 16.6. The second kappa shape index (κ2) is 9.83. The van der Waals surface area contributed by atoms with Crippen molar-refractivity contribution in [1.82, 2.24) is 0 Å². The summed E-state index contributed by atoms with van der Waals surface area (Å²) in [6.07, 6.45) is 0.0961. The lowest BCUT2D eigenvalue weighted by molar-refractivity contribution is -0.902. The maximum absolute atomic E-state index is 6.16. The van der Waals surface area contributed by atoms with Gasteiger partial charge in [0.15, 0.2) is 0 Å². The van der Waals surface area contributed by atoms with Gasteiger partial charge in [-0.1, -0.05) is 27.7 Å². The van der Waals surface area contributed by atoms with Gasteiger partial charge in [-0.15, -0.1) is 0 Å². The Labute approximate surface area is 136 Å². The van der Waals surface area contributed by atoms with Gasteiger partial charge in [0.25, 0.3) is 0 Å². The molecular weight excluding hydrogens is 282 g/mol. The lowest BCUT2D eigenvalue weighted by Gasteiger charge is -2.34. The topological polar surface area (TPSA) is 41.4 Å². The third kappa shape index (κ3) is 4.90. The van der Waals surface area contributed by atoms with Crippen molar-refractivity contribution in [2.45, 2.75) is 52.0 Å². The monoisotopic (exact) mass is 317 g/mol. The number of ether oxygens (including phenoxy) is 4. The number of methoxy groups -OCH3 is 2. The Bertz CT molecular complexity index is 270. The Balaban J connectivity index is 2.88. The largest absolute Gasteiger partial charge is 0.458 e. The van der Waals surface area contributed by atoms with Gasteiger partial charge in [0.2, 0.25) is 0 Å². The molecule has 1 aliphatic heterocycles. The van der Waals surface area contributed by atoms with Crippen LogP contribution in [0.4, 0.5) is 0 Å². The van der Waals surface area contributed by atoms with Crippen molar-refractivity contribution in [2.75, 3.05) is 40.6 Å². The third-order valence-corrected chi connectivity index (χ3v) is 4.52. The summed E-state index contributed by atoms with van der Waals surface area (Å²) in [5, 5.41) is 0. The zero-order valence-electron chi connectivity index (χ0n) is 15.1. The molecule has 5 heteroatoms. The van der Waals surface area contributed by atoms with E-state index in [2.05, 4.69) is 34.7 Å². The van der Waals surface area contributed by atoms with Gasteiger partial charge >= 0.3 is 0 Å². The van der Waals surface area contributed by atoms with Crippen molar-refractivity contribution in [3.8, 4) is 0 Å². The smallest absolute Gasteiger partial charge is 0.139 e. The zero-order valence-corrected chi connectivity index (χ0v) is 15.1. The van der Waals surface area contributed by atoms with Crippen LogP contribution in [0, 0.1) is 18.9 Å². The van der Waals surface area contributed by atoms with Gasteiger partial charge < -0.3 is 23.8 Å². The Morgan fingerprint density at radius 2 is 1.14 bits per heavy atom. The highest BCUT2D eigenvalue weighted by Crippen LogP contribution is 2.25. The van der Waals surface area contributed by atoms with Gasteiger partial charge in [0.1, 0.15) is 12.2 Å². The van der Waals surface area contributed by atoms with E-state index >= 15 is 0 Å². The molecule has 1 N–H and O–H groups in total. The number of hydrogen-bond donors (Lipinski definition) is 1. The first kappa shape index (κ1) is 19.8. The molecule has 0 aromatic heterocycles. The van der Waals surface area contributed by atoms with Gasteiger partial charge in [0, 0.05) is 26.1 Å². The van der Waals surface area contributed by atoms with E-state index in [0.717, 1.165) is 0 Å². The van der Waals surface area contributed by atoms with Crippen molar-refractivity contribution in [2.24, 2.45) is 11.8 Å². The summed E-state index contributed by atoms with van der Waals surface area (Å²) >= 11 is 0. The van der Waals surface area contributed by atoms with Gasteiger partial charge in [-0.25, -0.2) is 0 Å². The molecule has 4 atom stereocenters. The molecule has 5 nitrogen and oxygen atoms in total. The number of quaternary nitrogens is 1. The minimum absolute atomic E-state index is 0.0481. The molecule has 0 aromatic carbocycles. The normalized spacial score (nSPS) is 32.3. The first-order chi connectivity index (χ1) is 10.5. The second-order valence-corrected chi connectivity index (χ2v) is 6.77. The van der Waals surface area contributed by atoms with Crippen LogP contribution in [-0.2, 0) is 18.9 Å². The first-order valence-corrected chi connectivity index (χ1v) is 8.35. The van der Waals surface area contributed by atoms with Crippen LogP contribution < -0.4 is 4.90 Å². The molecule has 1 heterocycles. The van der Waals surface area contributed by atoms with E-state index in [4.69, 9.17) is 18.9 Å². The fourth-order valence-corrected chi connectivity index (χ4v) is 3.60. The Morgan fingerprint density at radius 3 is 1.41 bits per heavy atom. The fraction of sp³-hybridized carbons (Fsp3) is 0.941. The molecule has 0 unspecified atom stereocenters. The molecule has 1 fully saturated rings. The summed E-state index contributed by atoms with van der Waals surface area (Å²) < 4.78 is 22.6. The zero-order chi connectivity index (χ0) is 16.7. The number of rotatable bonds is 10. The van der Waals surface area contributed by atoms with E-state index in [0.29, 0.717) is 50.3 Å². The number of nitrogens with one attached hydrogen (secondary N) is 1. The lowest BCUT2D eigenvalue weighted by Crippen LogP contribution is -3.14. The molecule has 0 amide bonds. The van der Waals surface area contributed by atoms with Crippen LogP contribution in [0.3, 0.4) is 0 Å². The lowest BCUT2D eigenvalue weighted by atomic mass is 9.95. The molecule has 1 aliphatic rings. The van der Waals surface area contributed by atoms with E-state index < -0.39 is 0 Å². The standard InChI is InChI=1S/C17H35NO4/c1-12(2)14-16(21-10-8-19-6)17(22-11-9-20-7)15(13(3)4)18(14)5/h12-18H,5,8-11H2,1-4,6-7H3/t14-,15-,16+,17+/m1/s1. The molecule has 0 bridgehead atoms. The summed E-state index contributed by atoms with van der Waals surface area (Å²) in [4.78, 5) is 1.27. The summed E-state index contributed by atoms with van der Waals surface area (Å²) in [7, 11) is 7.78. The molecule has 132 valence electrons. The molecule has 0 spiro atoms. The van der Waals surface area contributed by atoms with E-state index in [1.807, 2.05) is 0 Å². The van der Waals surface area contributed by atoms with E-state index in [1.54, 1.807) is 14.2 Å². The van der Waals surface area contributed by atoms with Crippen LogP contribution in [0.15, 0.2) is 0 Å². The van der Waals surface area contributed by atoms with Crippen molar-refractivity contribution < 1.29 is 23.8 Å². The number of hydrogen-bond acceptors (Lipinski definition) is 4. The predicted molar refractivity (Wildman–Crippen MR) is 86.8 cm³/mol. The Morgan fingerprint density at radius 1 is 0.773 bits per heavy atom. The van der Waals surface area contributed by atoms with Crippen LogP contribution in [0.1, 0.15) is 27.7 Å². The van der Waals surface area contributed by atoms with E-state index in [-0.39, 0.29) is 12.2 Å². The van der Waals surface area contributed by atoms with Gasteiger partial charge in [-0.05, 0) is 0 Å². The summed E-state index contributed by atoms with van der Waals surface area (Å²) in [5.41, 5.74) is 0. The minimum atomic E-state index is 0.0481. The minimum Gasteiger partial charge on any atom is -0.458 e. The maximum atomic E-state index is 6.16. The van der Waals surface area contributed by atoms with Crippen LogP contribution >= 0.6 is 0 Å². The molecular formula is C17H35NO4. The number of likely N-dealkylation sites (tertiary alicyclic amines) is 1. The van der Waals surface area contributed by atoms with Crippen molar-refractivity contribution in [3.63, 3.8) is 0 Å². The summed E-state index contributed by atoms with van der Waals surface area (Å²) in [6, 6.07) is 0.661. The molecule has 0 aromatic rings. The Hall–Kier alpha value is -0.200. The van der Waals surface area contributed by atoms with Crippen molar-refractivity contribution >= 4 is 0 Å². The quantitative estimate of drug-likeness (QED) is 0.478. The van der Waals surface area contributed by atoms with Crippen LogP contribution in [0.25, 0.3) is 0 Å². The average Bonchev–Trinajstić information content (AvgIpc) is 2.72. The summed E-state index contributed by atoms with van der Waals surface area (Å²) in [5.74, 6) is 0.967. The first-order valence-electron chi connectivity index (χ1n) is 8.35. The van der Waals surface area contributed by atoms with Crippen molar-refractivity contribution in [1.29, 1.82) is 0 Å². The average molecular weight is 317 g/mol. The van der Waals surface area contributed by atoms with Crippen LogP contribution in [-0.4, -0.2) is 64.9 Å². The maximum Gasteiger partial charge on any atom is 0.139 e. The highest BCUT2D eigenvalue weighted by Gasteiger charge is 2.52. The Kier molecular flexibility index (Phi) is 8.87. The third-order valence-electron chi connectivity index (χ3n) is 4.52. The molecule has 0 saturated carbocycles. The van der Waals surface area contributed by atoms with Crippen molar-refractivity contribution in [3.05, 3.63) is 7.05 Å². The van der Waals surface area contributed by atoms with Crippen LogP contribution in [0.5, 0.6) is 0 Å². The van der Waals surface area contributed by atoms with Gasteiger partial charge in [-0.2, -0.15) is 7.05 Å². The van der Waals surface area contributed by atoms with Gasteiger partial charge in [-0.3, -0.25) is 0 Å². The molecule has 0 aliphatic carbocycles. The molecule has 1 saturated heterocycles. The fourth-order valence-electron chi connectivity index (χ4n) is 3.60. The molecule has 0 radical (unpaired) electrons. The SMILES string of the molecule is [CH2-][NH+]1[C@H](C(C)C)[C@H](OCCOC)[C@@H](OCCOC)[C@H]1C(C)C. The predicted octanol–water partition coefficient (Wildman–Crippen LogP) is 0.789. The van der Waals surface area contributed by atoms with Crippen LogP contribution in [0.2, 0.25) is 0 Å². The second-order valence-electron chi connectivity index (χ2n) is 6.77.